The van der Waals surface area contributed by atoms with Crippen LogP contribution in [-0.4, -0.2) is 42.6 Å². The first-order valence-corrected chi connectivity index (χ1v) is 12.9. The summed E-state index contributed by atoms with van der Waals surface area (Å²) < 4.78 is 19.1. The lowest BCUT2D eigenvalue weighted by atomic mass is 10.0. The molecule has 4 amide bonds. The number of hydrogen-bond donors (Lipinski definition) is 4. The summed E-state index contributed by atoms with van der Waals surface area (Å²) in [6.45, 7) is 0.450. The molecular formula is C27H27FN4O6S. The Hall–Kier alpha value is -4.45. The van der Waals surface area contributed by atoms with Crippen LogP contribution in [0.25, 0.3) is 0 Å². The molecule has 0 aliphatic carbocycles. The molecule has 2 aromatic carbocycles. The molecule has 1 fully saturated rings. The van der Waals surface area contributed by atoms with Crippen LogP contribution in [0.1, 0.15) is 29.3 Å². The molecule has 12 heteroatoms. The van der Waals surface area contributed by atoms with Gasteiger partial charge >= 0.3 is 12.0 Å². The Bertz CT molecular complexity index is 1370. The topological polar surface area (TPSA) is 137 Å². The molecular weight excluding hydrogens is 527 g/mol. The fraction of sp³-hybridized carbons (Fsp3) is 0.259. The third-order valence-corrected chi connectivity index (χ3v) is 7.06. The minimum atomic E-state index is -1.18. The van der Waals surface area contributed by atoms with Gasteiger partial charge < -0.3 is 30.7 Å². The summed E-state index contributed by atoms with van der Waals surface area (Å²) >= 11 is 1.53. The van der Waals surface area contributed by atoms with Gasteiger partial charge in [-0.15, -0.1) is 11.3 Å². The Labute approximate surface area is 227 Å². The van der Waals surface area contributed by atoms with Crippen LogP contribution in [0.4, 0.5) is 20.6 Å². The van der Waals surface area contributed by atoms with Gasteiger partial charge in [0.25, 0.3) is 0 Å². The van der Waals surface area contributed by atoms with E-state index in [0.717, 1.165) is 10.9 Å². The highest BCUT2D eigenvalue weighted by Crippen LogP contribution is 2.29. The van der Waals surface area contributed by atoms with Crippen LogP contribution in [0, 0.1) is 11.7 Å². The third kappa shape index (κ3) is 7.11. The zero-order chi connectivity index (χ0) is 27.9. The zero-order valence-corrected chi connectivity index (χ0v) is 21.8. The number of hydrogen-bond acceptors (Lipinski definition) is 6. The molecule has 1 aromatic heterocycles. The van der Waals surface area contributed by atoms with Crippen LogP contribution in [0.2, 0.25) is 0 Å². The number of ether oxygens (including phenoxy) is 1. The number of nitrogens with zero attached hydrogens (tertiary/aromatic N) is 1. The lowest BCUT2D eigenvalue weighted by molar-refractivity contribution is -0.138. The standard InChI is InChI=1S/C27H27FN4O6S/c1-38-23-8-7-16(10-21(23)28)22(13-25(34)35)31-26(36)17-11-24(33)32(15-17)19-5-2-4-18(12-19)30-27(37)29-14-20-6-3-9-39-20/h2-10,12,17,22H,11,13-15H2,1H3,(H,31,36)(H,34,35)(H2,29,30,37). The number of benzene rings is 2. The molecule has 2 atom stereocenters. The van der Waals surface area contributed by atoms with Crippen LogP contribution in [0.3, 0.4) is 0 Å². The van der Waals surface area contributed by atoms with Gasteiger partial charge in [-0.2, -0.15) is 0 Å². The van der Waals surface area contributed by atoms with Crippen molar-refractivity contribution in [3.8, 4) is 5.75 Å². The van der Waals surface area contributed by atoms with E-state index in [1.54, 1.807) is 24.3 Å². The minimum Gasteiger partial charge on any atom is -0.494 e. The number of carbonyl (C=O) groups is 4. The number of urea groups is 1. The predicted molar refractivity (Wildman–Crippen MR) is 143 cm³/mol. The van der Waals surface area contributed by atoms with Gasteiger partial charge in [-0.05, 0) is 47.3 Å². The first kappa shape index (κ1) is 27.6. The molecule has 4 rings (SSSR count). The van der Waals surface area contributed by atoms with Crippen LogP contribution >= 0.6 is 11.3 Å². The number of rotatable bonds is 10. The maximum absolute atomic E-state index is 14.2. The van der Waals surface area contributed by atoms with Gasteiger partial charge in [-0.25, -0.2) is 9.18 Å². The van der Waals surface area contributed by atoms with Crippen LogP contribution < -0.4 is 25.6 Å². The summed E-state index contributed by atoms with van der Waals surface area (Å²) in [4.78, 5) is 52.0. The fourth-order valence-corrected chi connectivity index (χ4v) is 4.90. The Morgan fingerprint density at radius 3 is 2.69 bits per heavy atom. The fourth-order valence-electron chi connectivity index (χ4n) is 4.26. The molecule has 0 saturated carbocycles. The third-order valence-electron chi connectivity index (χ3n) is 6.19. The second-order valence-corrected chi connectivity index (χ2v) is 9.93. The number of methoxy groups -OCH3 is 1. The SMILES string of the molecule is COc1ccc(C(CC(=O)O)NC(=O)C2CC(=O)N(c3cccc(NC(=O)NCc4cccs4)c3)C2)cc1F. The largest absolute Gasteiger partial charge is 0.494 e. The molecule has 0 bridgehead atoms. The molecule has 1 aliphatic heterocycles. The molecule has 1 aliphatic rings. The zero-order valence-electron chi connectivity index (χ0n) is 21.0. The van der Waals surface area contributed by atoms with Gasteiger partial charge in [-0.3, -0.25) is 14.4 Å². The maximum atomic E-state index is 14.2. The summed E-state index contributed by atoms with van der Waals surface area (Å²) in [5, 5.41) is 19.4. The highest BCUT2D eigenvalue weighted by Gasteiger charge is 2.36. The molecule has 3 aromatic rings. The van der Waals surface area contributed by atoms with Gasteiger partial charge in [-0.1, -0.05) is 18.2 Å². The molecule has 1 saturated heterocycles. The number of carbonyl (C=O) groups excluding carboxylic acids is 3. The van der Waals surface area contributed by atoms with Crippen molar-refractivity contribution >= 4 is 46.5 Å². The van der Waals surface area contributed by atoms with Crippen LogP contribution in [0.15, 0.2) is 60.0 Å². The van der Waals surface area contributed by atoms with Crippen molar-refractivity contribution in [3.63, 3.8) is 0 Å². The molecule has 2 unspecified atom stereocenters. The molecule has 0 radical (unpaired) electrons. The Morgan fingerprint density at radius 2 is 2.00 bits per heavy atom. The van der Waals surface area contributed by atoms with Crippen molar-refractivity contribution in [2.45, 2.75) is 25.4 Å². The first-order valence-electron chi connectivity index (χ1n) is 12.1. The summed E-state index contributed by atoms with van der Waals surface area (Å²) in [5.74, 6) is -3.43. The van der Waals surface area contributed by atoms with E-state index in [9.17, 15) is 28.7 Å². The highest BCUT2D eigenvalue weighted by molar-refractivity contribution is 7.09. The van der Waals surface area contributed by atoms with E-state index in [1.165, 1.54) is 35.5 Å². The molecule has 10 nitrogen and oxygen atoms in total. The average Bonchev–Trinajstić information content (AvgIpc) is 3.57. The first-order chi connectivity index (χ1) is 18.7. The molecule has 204 valence electrons. The summed E-state index contributed by atoms with van der Waals surface area (Å²) in [6.07, 6.45) is -0.550. The number of carboxylic acids is 1. The van der Waals surface area contributed by atoms with Crippen molar-refractivity contribution in [2.24, 2.45) is 5.92 Å². The number of nitrogens with one attached hydrogen (secondary N) is 3. The Morgan fingerprint density at radius 1 is 1.18 bits per heavy atom. The number of amides is 4. The number of anilines is 2. The summed E-state index contributed by atoms with van der Waals surface area (Å²) in [7, 11) is 1.31. The van der Waals surface area contributed by atoms with Gasteiger partial charge in [0, 0.05) is 29.2 Å². The molecule has 4 N–H and O–H groups in total. The van der Waals surface area contributed by atoms with Gasteiger partial charge in [0.1, 0.15) is 0 Å². The van der Waals surface area contributed by atoms with Crippen LogP contribution in [0.5, 0.6) is 5.75 Å². The van der Waals surface area contributed by atoms with Crippen molar-refractivity contribution in [3.05, 3.63) is 76.2 Å². The number of aliphatic carboxylic acids is 1. The average molecular weight is 555 g/mol. The Kier molecular flexibility index (Phi) is 8.77. The van der Waals surface area contributed by atoms with Crippen LogP contribution in [-0.2, 0) is 20.9 Å². The van der Waals surface area contributed by atoms with Gasteiger partial charge in [0.15, 0.2) is 11.6 Å². The van der Waals surface area contributed by atoms with E-state index < -0.39 is 42.1 Å². The lowest BCUT2D eigenvalue weighted by Crippen LogP contribution is -2.36. The normalized spacial score (nSPS) is 15.5. The van der Waals surface area contributed by atoms with Crippen molar-refractivity contribution < 1.29 is 33.4 Å². The molecule has 0 spiro atoms. The van der Waals surface area contributed by atoms with E-state index in [0.29, 0.717) is 17.9 Å². The predicted octanol–water partition coefficient (Wildman–Crippen LogP) is 3.90. The monoisotopic (exact) mass is 554 g/mol. The number of thiophene rings is 1. The highest BCUT2D eigenvalue weighted by atomic mass is 32.1. The summed E-state index contributed by atoms with van der Waals surface area (Å²) in [6, 6.07) is 13.1. The smallest absolute Gasteiger partial charge is 0.319 e. The van der Waals surface area contributed by atoms with Crippen molar-refractivity contribution in [2.75, 3.05) is 23.9 Å². The van der Waals surface area contributed by atoms with Crippen molar-refractivity contribution in [1.29, 1.82) is 0 Å². The molecule has 2 heterocycles. The quantitative estimate of drug-likeness (QED) is 0.300. The number of halogens is 1. The van der Waals surface area contributed by atoms with E-state index in [1.807, 2.05) is 17.5 Å². The maximum Gasteiger partial charge on any atom is 0.319 e. The minimum absolute atomic E-state index is 0.00658. The molecule has 39 heavy (non-hydrogen) atoms. The van der Waals surface area contributed by atoms with Gasteiger partial charge in [0.05, 0.1) is 32.0 Å². The van der Waals surface area contributed by atoms with Crippen molar-refractivity contribution in [1.82, 2.24) is 10.6 Å². The van der Waals surface area contributed by atoms with E-state index in [-0.39, 0.29) is 30.2 Å². The van der Waals surface area contributed by atoms with E-state index in [4.69, 9.17) is 4.74 Å². The lowest BCUT2D eigenvalue weighted by Gasteiger charge is -2.21. The van der Waals surface area contributed by atoms with Gasteiger partial charge in [0.2, 0.25) is 11.8 Å². The summed E-state index contributed by atoms with van der Waals surface area (Å²) in [5.41, 5.74) is 1.24. The second kappa shape index (κ2) is 12.4. The Balaban J connectivity index is 1.40. The van der Waals surface area contributed by atoms with E-state index in [2.05, 4.69) is 16.0 Å². The van der Waals surface area contributed by atoms with E-state index >= 15 is 0 Å². The number of carboxylic acid groups (broad SMARTS) is 1. The second-order valence-electron chi connectivity index (χ2n) is 8.90.